The van der Waals surface area contributed by atoms with Gasteiger partial charge in [-0.2, -0.15) is 9.78 Å². The Hall–Kier alpha value is -3.28. The van der Waals surface area contributed by atoms with Crippen molar-refractivity contribution in [3.63, 3.8) is 0 Å². The van der Waals surface area contributed by atoms with Crippen molar-refractivity contribution < 1.29 is 4.74 Å². The van der Waals surface area contributed by atoms with Gasteiger partial charge in [-0.3, -0.25) is 4.79 Å². The van der Waals surface area contributed by atoms with Gasteiger partial charge in [-0.25, -0.2) is 0 Å². The molecule has 6 heteroatoms. The van der Waals surface area contributed by atoms with Gasteiger partial charge in [-0.05, 0) is 36.8 Å². The fourth-order valence-corrected chi connectivity index (χ4v) is 2.18. The molecule has 3 rings (SSSR count). The highest BCUT2D eigenvalue weighted by Gasteiger charge is 2.10. The van der Waals surface area contributed by atoms with Gasteiger partial charge in [0.25, 0.3) is 0 Å². The van der Waals surface area contributed by atoms with Gasteiger partial charge in [0.1, 0.15) is 5.75 Å². The van der Waals surface area contributed by atoms with Gasteiger partial charge in [0.15, 0.2) is 11.5 Å². The molecule has 0 radical (unpaired) electrons. The summed E-state index contributed by atoms with van der Waals surface area (Å²) in [7, 11) is 1.61. The predicted octanol–water partition coefficient (Wildman–Crippen LogP) is 2.50. The molecule has 0 aliphatic heterocycles. The quantitative estimate of drug-likeness (QED) is 0.693. The van der Waals surface area contributed by atoms with Gasteiger partial charge in [-0.15, -0.1) is 10.2 Å². The molecule has 0 aliphatic rings. The number of rotatable bonds is 4. The molecule has 3 aromatic rings. The van der Waals surface area contributed by atoms with Crippen LogP contribution in [0.1, 0.15) is 11.4 Å². The van der Waals surface area contributed by atoms with Crippen LogP contribution in [0.4, 0.5) is 0 Å². The lowest BCUT2D eigenvalue weighted by atomic mass is 10.2. The third kappa shape index (κ3) is 3.22. The molecule has 0 spiro atoms. The second-order valence-corrected chi connectivity index (χ2v) is 5.10. The van der Waals surface area contributed by atoms with Crippen LogP contribution >= 0.6 is 0 Å². The summed E-state index contributed by atoms with van der Waals surface area (Å²) >= 11 is 0. The maximum absolute atomic E-state index is 12.6. The Morgan fingerprint density at radius 2 is 1.75 bits per heavy atom. The number of ether oxygens (including phenoxy) is 1. The number of benzene rings is 2. The molecule has 24 heavy (non-hydrogen) atoms. The summed E-state index contributed by atoms with van der Waals surface area (Å²) in [5, 5.41) is 12.3. The molecule has 6 nitrogen and oxygen atoms in total. The highest BCUT2D eigenvalue weighted by Crippen LogP contribution is 2.12. The van der Waals surface area contributed by atoms with E-state index in [1.807, 2.05) is 54.6 Å². The predicted molar refractivity (Wildman–Crippen MR) is 92.5 cm³/mol. The zero-order chi connectivity index (χ0) is 16.9. The molecule has 0 aliphatic carbocycles. The Morgan fingerprint density at radius 3 is 2.42 bits per heavy atom. The number of nitrogens with zero attached hydrogens (tertiary/aromatic N) is 4. The lowest BCUT2D eigenvalue weighted by Gasteiger charge is -2.05. The lowest BCUT2D eigenvalue weighted by molar-refractivity contribution is 0.415. The van der Waals surface area contributed by atoms with Gasteiger partial charge in [0, 0.05) is 5.56 Å². The van der Waals surface area contributed by atoms with E-state index in [1.165, 1.54) is 4.68 Å². The molecule has 1 heterocycles. The number of methoxy groups -OCH3 is 1. The van der Waals surface area contributed by atoms with Gasteiger partial charge >= 0.3 is 5.56 Å². The topological polar surface area (TPSA) is 69.4 Å². The fraction of sp³-hybridized carbons (Fsp3) is 0.111. The average molecular weight is 320 g/mol. The minimum absolute atomic E-state index is 0.271. The summed E-state index contributed by atoms with van der Waals surface area (Å²) in [6.45, 7) is 1.69. The molecule has 0 unspecified atom stereocenters. The molecule has 120 valence electrons. The van der Waals surface area contributed by atoms with Crippen molar-refractivity contribution in [2.75, 3.05) is 7.11 Å². The Bertz CT molecular complexity index is 916. The van der Waals surface area contributed by atoms with E-state index in [1.54, 1.807) is 20.2 Å². The van der Waals surface area contributed by atoms with Gasteiger partial charge in [0.05, 0.1) is 13.3 Å². The molecule has 0 bridgehead atoms. The van der Waals surface area contributed by atoms with Crippen molar-refractivity contribution in [3.8, 4) is 17.0 Å². The van der Waals surface area contributed by atoms with Crippen LogP contribution in [0.5, 0.6) is 5.75 Å². The number of aryl methyl sites for hydroxylation is 1. The minimum atomic E-state index is -0.307. The van der Waals surface area contributed by atoms with Crippen LogP contribution in [-0.4, -0.2) is 28.2 Å². The summed E-state index contributed by atoms with van der Waals surface area (Å²) in [5.74, 6) is 1.18. The maximum Gasteiger partial charge on any atom is 0.301 e. The monoisotopic (exact) mass is 320 g/mol. The van der Waals surface area contributed by atoms with Crippen LogP contribution < -0.4 is 10.3 Å². The van der Waals surface area contributed by atoms with Crippen molar-refractivity contribution in [3.05, 3.63) is 76.3 Å². The largest absolute Gasteiger partial charge is 0.497 e. The zero-order valence-corrected chi connectivity index (χ0v) is 13.4. The highest BCUT2D eigenvalue weighted by molar-refractivity contribution is 5.79. The van der Waals surface area contributed by atoms with E-state index >= 15 is 0 Å². The molecule has 0 N–H and O–H groups in total. The van der Waals surface area contributed by atoms with Crippen LogP contribution in [0.15, 0.2) is 64.5 Å². The van der Waals surface area contributed by atoms with E-state index in [9.17, 15) is 4.79 Å². The molecular formula is C18H16N4O2. The van der Waals surface area contributed by atoms with Crippen LogP contribution in [0.25, 0.3) is 11.3 Å². The third-order valence-electron chi connectivity index (χ3n) is 3.48. The first-order valence-corrected chi connectivity index (χ1v) is 7.39. The first kappa shape index (κ1) is 15.6. The summed E-state index contributed by atoms with van der Waals surface area (Å²) in [6, 6.07) is 16.6. The molecule has 0 saturated heterocycles. The van der Waals surface area contributed by atoms with Crippen molar-refractivity contribution in [2.24, 2.45) is 5.10 Å². The van der Waals surface area contributed by atoms with E-state index < -0.39 is 0 Å². The van der Waals surface area contributed by atoms with Crippen LogP contribution in [-0.2, 0) is 0 Å². The smallest absolute Gasteiger partial charge is 0.301 e. The normalized spacial score (nSPS) is 10.9. The van der Waals surface area contributed by atoms with Crippen LogP contribution in [0, 0.1) is 6.92 Å². The van der Waals surface area contributed by atoms with Gasteiger partial charge in [-0.1, -0.05) is 30.3 Å². The van der Waals surface area contributed by atoms with E-state index in [4.69, 9.17) is 4.74 Å². The molecular weight excluding hydrogens is 304 g/mol. The highest BCUT2D eigenvalue weighted by atomic mass is 16.5. The number of hydrogen-bond donors (Lipinski definition) is 0. The number of hydrogen-bond acceptors (Lipinski definition) is 5. The van der Waals surface area contributed by atoms with Gasteiger partial charge in [0.2, 0.25) is 0 Å². The van der Waals surface area contributed by atoms with Crippen LogP contribution in [0.2, 0.25) is 0 Å². The van der Waals surface area contributed by atoms with E-state index in [0.29, 0.717) is 11.4 Å². The molecule has 2 aromatic carbocycles. The lowest BCUT2D eigenvalue weighted by Crippen LogP contribution is -2.23. The molecule has 0 atom stereocenters. The maximum atomic E-state index is 12.6. The van der Waals surface area contributed by atoms with Crippen molar-refractivity contribution in [2.45, 2.75) is 6.92 Å². The summed E-state index contributed by atoms with van der Waals surface area (Å²) < 4.78 is 6.37. The summed E-state index contributed by atoms with van der Waals surface area (Å²) in [6.07, 6.45) is 1.60. The van der Waals surface area contributed by atoms with E-state index in [2.05, 4.69) is 15.3 Å². The number of aromatic nitrogens is 3. The fourth-order valence-electron chi connectivity index (χ4n) is 2.18. The Balaban J connectivity index is 1.98. The van der Waals surface area contributed by atoms with Crippen molar-refractivity contribution in [1.29, 1.82) is 0 Å². The second kappa shape index (κ2) is 6.87. The Morgan fingerprint density at radius 1 is 1.04 bits per heavy atom. The third-order valence-corrected chi connectivity index (χ3v) is 3.48. The Labute approximate surface area is 139 Å². The average Bonchev–Trinajstić information content (AvgIpc) is 2.63. The minimum Gasteiger partial charge on any atom is -0.497 e. The molecule has 0 fully saturated rings. The van der Waals surface area contributed by atoms with E-state index in [-0.39, 0.29) is 11.3 Å². The molecule has 0 amide bonds. The standard InChI is InChI=1S/C18H16N4O2/c1-13-20-21-17(15-6-4-3-5-7-15)18(23)22(13)19-12-14-8-10-16(24-2)11-9-14/h3-12H,1-2H3/b19-12-. The first-order chi connectivity index (χ1) is 11.7. The first-order valence-electron chi connectivity index (χ1n) is 7.39. The van der Waals surface area contributed by atoms with Crippen molar-refractivity contribution in [1.82, 2.24) is 14.9 Å². The molecule has 1 aromatic heterocycles. The summed E-state index contributed by atoms with van der Waals surface area (Å²) in [4.78, 5) is 12.6. The SMILES string of the molecule is COc1ccc(/C=N\n2c(C)nnc(-c3ccccc3)c2=O)cc1. The van der Waals surface area contributed by atoms with Crippen LogP contribution in [0.3, 0.4) is 0 Å². The second-order valence-electron chi connectivity index (χ2n) is 5.10. The zero-order valence-electron chi connectivity index (χ0n) is 13.4. The van der Waals surface area contributed by atoms with Crippen molar-refractivity contribution >= 4 is 6.21 Å². The summed E-state index contributed by atoms with van der Waals surface area (Å²) in [5.41, 5.74) is 1.52. The molecule has 0 saturated carbocycles. The van der Waals surface area contributed by atoms with Gasteiger partial charge < -0.3 is 4.74 Å². The van der Waals surface area contributed by atoms with E-state index in [0.717, 1.165) is 11.3 Å². The Kier molecular flexibility index (Phi) is 4.47.